The van der Waals surface area contributed by atoms with Crippen LogP contribution >= 0.6 is 0 Å². The SMILES string of the molecule is COc1ccc(COC(=O)c2ccc(O)c(OC)c2)cc1. The molecule has 2 aromatic rings. The van der Waals surface area contributed by atoms with E-state index in [1.807, 2.05) is 12.1 Å². The third kappa shape index (κ3) is 3.66. The number of hydrogen-bond donors (Lipinski definition) is 1. The van der Waals surface area contributed by atoms with Crippen LogP contribution in [0.25, 0.3) is 0 Å². The van der Waals surface area contributed by atoms with Gasteiger partial charge in [0.15, 0.2) is 11.5 Å². The number of benzene rings is 2. The molecule has 110 valence electrons. The molecule has 1 N–H and O–H groups in total. The lowest BCUT2D eigenvalue weighted by molar-refractivity contribution is 0.0472. The molecule has 0 aliphatic carbocycles. The normalized spacial score (nSPS) is 10.0. The van der Waals surface area contributed by atoms with Gasteiger partial charge in [-0.05, 0) is 35.9 Å². The van der Waals surface area contributed by atoms with Crippen LogP contribution in [0.4, 0.5) is 0 Å². The van der Waals surface area contributed by atoms with E-state index in [-0.39, 0.29) is 18.1 Å². The molecule has 21 heavy (non-hydrogen) atoms. The molecular formula is C16H16O5. The number of methoxy groups -OCH3 is 2. The first-order valence-corrected chi connectivity index (χ1v) is 6.31. The summed E-state index contributed by atoms with van der Waals surface area (Å²) in [5.41, 5.74) is 1.17. The van der Waals surface area contributed by atoms with E-state index < -0.39 is 5.97 Å². The van der Waals surface area contributed by atoms with Gasteiger partial charge in [-0.1, -0.05) is 12.1 Å². The number of phenolic OH excluding ortho intramolecular Hbond substituents is 1. The van der Waals surface area contributed by atoms with Crippen molar-refractivity contribution in [3.05, 3.63) is 53.6 Å². The van der Waals surface area contributed by atoms with Gasteiger partial charge in [0.25, 0.3) is 0 Å². The van der Waals surface area contributed by atoms with Crippen LogP contribution in [0.15, 0.2) is 42.5 Å². The second-order valence-corrected chi connectivity index (χ2v) is 4.31. The van der Waals surface area contributed by atoms with Crippen molar-refractivity contribution in [3.8, 4) is 17.2 Å². The third-order valence-electron chi connectivity index (χ3n) is 2.94. The van der Waals surface area contributed by atoms with Crippen molar-refractivity contribution in [1.29, 1.82) is 0 Å². The van der Waals surface area contributed by atoms with E-state index in [1.54, 1.807) is 19.2 Å². The Labute approximate surface area is 122 Å². The minimum atomic E-state index is -0.482. The van der Waals surface area contributed by atoms with Gasteiger partial charge in [-0.15, -0.1) is 0 Å². The van der Waals surface area contributed by atoms with Crippen LogP contribution in [-0.2, 0) is 11.3 Å². The molecule has 0 fully saturated rings. The van der Waals surface area contributed by atoms with Crippen molar-refractivity contribution in [1.82, 2.24) is 0 Å². The summed E-state index contributed by atoms with van der Waals surface area (Å²) in [5.74, 6) is 0.468. The molecule has 0 aliphatic rings. The highest BCUT2D eigenvalue weighted by molar-refractivity contribution is 5.90. The second kappa shape index (κ2) is 6.65. The number of rotatable bonds is 5. The maximum absolute atomic E-state index is 11.9. The minimum absolute atomic E-state index is 0.0239. The van der Waals surface area contributed by atoms with E-state index in [9.17, 15) is 9.90 Å². The molecule has 0 spiro atoms. The van der Waals surface area contributed by atoms with Gasteiger partial charge in [-0.2, -0.15) is 0 Å². The Balaban J connectivity index is 2.00. The van der Waals surface area contributed by atoms with E-state index in [1.165, 1.54) is 25.3 Å². The number of esters is 1. The van der Waals surface area contributed by atoms with E-state index >= 15 is 0 Å². The van der Waals surface area contributed by atoms with E-state index in [2.05, 4.69) is 0 Å². The zero-order chi connectivity index (χ0) is 15.2. The largest absolute Gasteiger partial charge is 0.504 e. The zero-order valence-corrected chi connectivity index (χ0v) is 11.8. The van der Waals surface area contributed by atoms with Crippen LogP contribution < -0.4 is 9.47 Å². The zero-order valence-electron chi connectivity index (χ0n) is 11.8. The summed E-state index contributed by atoms with van der Waals surface area (Å²) in [7, 11) is 3.01. The van der Waals surface area contributed by atoms with Crippen molar-refractivity contribution in [2.75, 3.05) is 14.2 Å². The smallest absolute Gasteiger partial charge is 0.338 e. The molecule has 0 unspecified atom stereocenters. The summed E-state index contributed by atoms with van der Waals surface area (Å²) < 4.78 is 15.2. The number of aromatic hydroxyl groups is 1. The van der Waals surface area contributed by atoms with Crippen LogP contribution in [0.5, 0.6) is 17.2 Å². The van der Waals surface area contributed by atoms with Crippen molar-refractivity contribution in [2.24, 2.45) is 0 Å². The molecule has 0 radical (unpaired) electrons. The Kier molecular flexibility index (Phi) is 4.66. The second-order valence-electron chi connectivity index (χ2n) is 4.31. The Morgan fingerprint density at radius 3 is 2.38 bits per heavy atom. The number of carbonyl (C=O) groups excluding carboxylic acids is 1. The summed E-state index contributed by atoms with van der Waals surface area (Å²) >= 11 is 0. The van der Waals surface area contributed by atoms with Gasteiger partial charge >= 0.3 is 5.97 Å². The van der Waals surface area contributed by atoms with Crippen molar-refractivity contribution in [3.63, 3.8) is 0 Å². The average Bonchev–Trinajstić information content (AvgIpc) is 2.53. The van der Waals surface area contributed by atoms with E-state index in [0.29, 0.717) is 5.56 Å². The van der Waals surface area contributed by atoms with Gasteiger partial charge < -0.3 is 19.3 Å². The fraction of sp³-hybridized carbons (Fsp3) is 0.188. The molecule has 0 bridgehead atoms. The minimum Gasteiger partial charge on any atom is -0.504 e. The van der Waals surface area contributed by atoms with E-state index in [0.717, 1.165) is 11.3 Å². The predicted octanol–water partition coefficient (Wildman–Crippen LogP) is 2.77. The van der Waals surface area contributed by atoms with Gasteiger partial charge in [-0.3, -0.25) is 0 Å². The van der Waals surface area contributed by atoms with Crippen LogP contribution in [0, 0.1) is 0 Å². The third-order valence-corrected chi connectivity index (χ3v) is 2.94. The number of hydrogen-bond acceptors (Lipinski definition) is 5. The highest BCUT2D eigenvalue weighted by Crippen LogP contribution is 2.26. The lowest BCUT2D eigenvalue weighted by Gasteiger charge is -2.08. The summed E-state index contributed by atoms with van der Waals surface area (Å²) in [5, 5.41) is 9.49. The summed E-state index contributed by atoms with van der Waals surface area (Å²) in [6.07, 6.45) is 0. The molecule has 0 aliphatic heterocycles. The van der Waals surface area contributed by atoms with Gasteiger partial charge in [0.1, 0.15) is 12.4 Å². The van der Waals surface area contributed by atoms with Gasteiger partial charge in [0.2, 0.25) is 0 Å². The molecule has 0 atom stereocenters. The first kappa shape index (κ1) is 14.7. The lowest BCUT2D eigenvalue weighted by atomic mass is 10.2. The quantitative estimate of drug-likeness (QED) is 0.857. The monoisotopic (exact) mass is 288 g/mol. The van der Waals surface area contributed by atoms with Crippen molar-refractivity contribution < 1.29 is 24.1 Å². The van der Waals surface area contributed by atoms with Crippen molar-refractivity contribution in [2.45, 2.75) is 6.61 Å². The Morgan fingerprint density at radius 2 is 1.76 bits per heavy atom. The fourth-order valence-corrected chi connectivity index (χ4v) is 1.76. The highest BCUT2D eigenvalue weighted by Gasteiger charge is 2.11. The first-order valence-electron chi connectivity index (χ1n) is 6.31. The number of ether oxygens (including phenoxy) is 3. The van der Waals surface area contributed by atoms with E-state index in [4.69, 9.17) is 14.2 Å². The molecule has 2 rings (SSSR count). The first-order chi connectivity index (χ1) is 10.1. The van der Waals surface area contributed by atoms with Crippen molar-refractivity contribution >= 4 is 5.97 Å². The Hall–Kier alpha value is -2.69. The van der Waals surface area contributed by atoms with Crippen LogP contribution in [0.3, 0.4) is 0 Å². The predicted molar refractivity (Wildman–Crippen MR) is 76.8 cm³/mol. The van der Waals surface area contributed by atoms with Crippen LogP contribution in [-0.4, -0.2) is 25.3 Å². The van der Waals surface area contributed by atoms with Crippen LogP contribution in [0.2, 0.25) is 0 Å². The summed E-state index contributed by atoms with van der Waals surface area (Å²) in [6.45, 7) is 0.159. The fourth-order valence-electron chi connectivity index (χ4n) is 1.76. The van der Waals surface area contributed by atoms with Gasteiger partial charge in [0.05, 0.1) is 19.8 Å². The maximum atomic E-state index is 11.9. The summed E-state index contributed by atoms with van der Waals surface area (Å²) in [6, 6.07) is 11.6. The molecule has 0 aromatic heterocycles. The maximum Gasteiger partial charge on any atom is 0.338 e. The molecule has 5 nitrogen and oxygen atoms in total. The average molecular weight is 288 g/mol. The lowest BCUT2D eigenvalue weighted by Crippen LogP contribution is -2.05. The number of phenols is 1. The highest BCUT2D eigenvalue weighted by atomic mass is 16.5. The molecule has 0 amide bonds. The Bertz CT molecular complexity index is 619. The molecule has 0 saturated carbocycles. The standard InChI is InChI=1S/C16H16O5/c1-19-13-6-3-11(4-7-13)10-21-16(18)12-5-8-14(17)15(9-12)20-2/h3-9,17H,10H2,1-2H3. The molecule has 0 heterocycles. The van der Waals surface area contributed by atoms with Gasteiger partial charge in [-0.25, -0.2) is 4.79 Å². The Morgan fingerprint density at radius 1 is 1.05 bits per heavy atom. The molecule has 5 heteroatoms. The molecule has 2 aromatic carbocycles. The topological polar surface area (TPSA) is 65.0 Å². The van der Waals surface area contributed by atoms with Crippen LogP contribution in [0.1, 0.15) is 15.9 Å². The molecular weight excluding hydrogens is 272 g/mol. The summed E-state index contributed by atoms with van der Waals surface area (Å²) in [4.78, 5) is 11.9. The van der Waals surface area contributed by atoms with Gasteiger partial charge in [0, 0.05) is 0 Å². The number of carbonyl (C=O) groups is 1. The molecule has 0 saturated heterocycles.